The van der Waals surface area contributed by atoms with Crippen LogP contribution in [0.1, 0.15) is 18.2 Å². The number of hydrogen-bond acceptors (Lipinski definition) is 4. The van der Waals surface area contributed by atoms with Gasteiger partial charge in [-0.15, -0.1) is 0 Å². The normalized spacial score (nSPS) is 13.1. The molecule has 136 valence electrons. The molecule has 0 aliphatic carbocycles. The van der Waals surface area contributed by atoms with Crippen molar-refractivity contribution in [2.45, 2.75) is 25.4 Å². The second kappa shape index (κ2) is 9.22. The molecule has 4 N–H and O–H groups in total. The zero-order valence-electron chi connectivity index (χ0n) is 14.3. The SMILES string of the molecule is CC(NC(=O)C=Cc1ccco1)C(=O)NC(Cc1ccccc1)C(N)=O. The minimum absolute atomic E-state index is 0.279. The van der Waals surface area contributed by atoms with E-state index in [1.165, 1.54) is 25.3 Å². The van der Waals surface area contributed by atoms with Crippen LogP contribution in [0.15, 0.2) is 59.2 Å². The average molecular weight is 355 g/mol. The Labute approximate surface area is 151 Å². The van der Waals surface area contributed by atoms with Crippen molar-refractivity contribution in [3.63, 3.8) is 0 Å². The van der Waals surface area contributed by atoms with Gasteiger partial charge < -0.3 is 20.8 Å². The van der Waals surface area contributed by atoms with Crippen molar-refractivity contribution in [1.82, 2.24) is 10.6 Å². The lowest BCUT2D eigenvalue weighted by Crippen LogP contribution is -2.52. The molecule has 1 heterocycles. The van der Waals surface area contributed by atoms with Gasteiger partial charge in [-0.3, -0.25) is 14.4 Å². The molecule has 0 saturated heterocycles. The molecule has 0 fully saturated rings. The summed E-state index contributed by atoms with van der Waals surface area (Å²) < 4.78 is 5.07. The highest BCUT2D eigenvalue weighted by Crippen LogP contribution is 2.04. The molecule has 2 unspecified atom stereocenters. The van der Waals surface area contributed by atoms with Crippen LogP contribution < -0.4 is 16.4 Å². The highest BCUT2D eigenvalue weighted by molar-refractivity contribution is 5.96. The maximum Gasteiger partial charge on any atom is 0.244 e. The third kappa shape index (κ3) is 5.94. The number of hydrogen-bond donors (Lipinski definition) is 3. The Bertz CT molecular complexity index is 769. The first-order chi connectivity index (χ1) is 12.5. The van der Waals surface area contributed by atoms with Gasteiger partial charge in [0.05, 0.1) is 6.26 Å². The van der Waals surface area contributed by atoms with Crippen LogP contribution in [-0.4, -0.2) is 29.8 Å². The van der Waals surface area contributed by atoms with E-state index in [1.807, 2.05) is 30.3 Å². The minimum atomic E-state index is -0.858. The quantitative estimate of drug-likeness (QED) is 0.613. The van der Waals surface area contributed by atoms with Crippen LogP contribution in [0, 0.1) is 0 Å². The Kier molecular flexibility index (Phi) is 6.73. The van der Waals surface area contributed by atoms with E-state index in [1.54, 1.807) is 12.1 Å². The van der Waals surface area contributed by atoms with E-state index in [4.69, 9.17) is 10.2 Å². The number of carbonyl (C=O) groups excluding carboxylic acids is 3. The zero-order valence-corrected chi connectivity index (χ0v) is 14.3. The summed E-state index contributed by atoms with van der Waals surface area (Å²) in [6, 6.07) is 10.9. The van der Waals surface area contributed by atoms with Crippen LogP contribution >= 0.6 is 0 Å². The minimum Gasteiger partial charge on any atom is -0.465 e. The standard InChI is InChI=1S/C19H21N3O4/c1-13(21-17(23)10-9-15-8-5-11-26-15)19(25)22-16(18(20)24)12-14-6-3-2-4-7-14/h2-11,13,16H,12H2,1H3,(H2,20,24)(H,21,23)(H,22,25). The Morgan fingerprint density at radius 1 is 1.12 bits per heavy atom. The van der Waals surface area contributed by atoms with E-state index in [2.05, 4.69) is 10.6 Å². The predicted octanol–water partition coefficient (Wildman–Crippen LogP) is 1.01. The summed E-state index contributed by atoms with van der Waals surface area (Å²) >= 11 is 0. The van der Waals surface area contributed by atoms with E-state index in [9.17, 15) is 14.4 Å². The van der Waals surface area contributed by atoms with Crippen molar-refractivity contribution in [3.05, 3.63) is 66.1 Å². The number of benzene rings is 1. The van der Waals surface area contributed by atoms with Crippen molar-refractivity contribution in [3.8, 4) is 0 Å². The fraction of sp³-hybridized carbons (Fsp3) is 0.211. The van der Waals surface area contributed by atoms with Crippen molar-refractivity contribution in [2.75, 3.05) is 0 Å². The third-order valence-corrected chi connectivity index (χ3v) is 3.64. The summed E-state index contributed by atoms with van der Waals surface area (Å²) in [5.74, 6) is -1.07. The number of furan rings is 1. The van der Waals surface area contributed by atoms with E-state index < -0.39 is 29.8 Å². The van der Waals surface area contributed by atoms with Crippen molar-refractivity contribution < 1.29 is 18.8 Å². The molecule has 7 nitrogen and oxygen atoms in total. The summed E-state index contributed by atoms with van der Waals surface area (Å²) in [5, 5.41) is 5.09. The predicted molar refractivity (Wildman–Crippen MR) is 96.6 cm³/mol. The molecule has 0 spiro atoms. The molecule has 0 bridgehead atoms. The second-order valence-electron chi connectivity index (χ2n) is 5.73. The lowest BCUT2D eigenvalue weighted by molar-refractivity contribution is -0.130. The Hall–Kier alpha value is -3.35. The molecule has 26 heavy (non-hydrogen) atoms. The lowest BCUT2D eigenvalue weighted by atomic mass is 10.1. The highest BCUT2D eigenvalue weighted by Gasteiger charge is 2.22. The summed E-state index contributed by atoms with van der Waals surface area (Å²) in [5.41, 5.74) is 6.24. The Morgan fingerprint density at radius 2 is 1.85 bits per heavy atom. The maximum absolute atomic E-state index is 12.2. The zero-order chi connectivity index (χ0) is 18.9. The highest BCUT2D eigenvalue weighted by atomic mass is 16.3. The van der Waals surface area contributed by atoms with Crippen LogP contribution in [0.25, 0.3) is 6.08 Å². The number of nitrogens with two attached hydrogens (primary N) is 1. The first-order valence-electron chi connectivity index (χ1n) is 8.11. The maximum atomic E-state index is 12.2. The number of nitrogens with one attached hydrogen (secondary N) is 2. The summed E-state index contributed by atoms with van der Waals surface area (Å²) in [4.78, 5) is 35.7. The van der Waals surface area contributed by atoms with Crippen LogP contribution in [0.3, 0.4) is 0 Å². The summed E-state index contributed by atoms with van der Waals surface area (Å²) in [7, 11) is 0. The fourth-order valence-corrected chi connectivity index (χ4v) is 2.24. The molecule has 2 atom stereocenters. The van der Waals surface area contributed by atoms with Gasteiger partial charge in [-0.25, -0.2) is 0 Å². The van der Waals surface area contributed by atoms with E-state index >= 15 is 0 Å². The largest absolute Gasteiger partial charge is 0.465 e. The van der Waals surface area contributed by atoms with Crippen molar-refractivity contribution in [1.29, 1.82) is 0 Å². The Morgan fingerprint density at radius 3 is 2.46 bits per heavy atom. The summed E-state index contributed by atoms with van der Waals surface area (Å²) in [6.07, 6.45) is 4.52. The van der Waals surface area contributed by atoms with E-state index in [0.717, 1.165) is 5.56 Å². The lowest BCUT2D eigenvalue weighted by Gasteiger charge is -2.19. The second-order valence-corrected chi connectivity index (χ2v) is 5.73. The number of carbonyl (C=O) groups is 3. The fourth-order valence-electron chi connectivity index (χ4n) is 2.24. The topological polar surface area (TPSA) is 114 Å². The molecule has 0 aliphatic rings. The van der Waals surface area contributed by atoms with Gasteiger partial charge in [-0.1, -0.05) is 30.3 Å². The van der Waals surface area contributed by atoms with Gasteiger partial charge >= 0.3 is 0 Å². The van der Waals surface area contributed by atoms with Gasteiger partial charge in [-0.2, -0.15) is 0 Å². The number of primary amides is 1. The molecule has 7 heteroatoms. The number of rotatable bonds is 8. The van der Waals surface area contributed by atoms with Crippen LogP contribution in [0.2, 0.25) is 0 Å². The van der Waals surface area contributed by atoms with Crippen molar-refractivity contribution in [2.24, 2.45) is 5.73 Å². The van der Waals surface area contributed by atoms with Gasteiger partial charge in [0.1, 0.15) is 17.8 Å². The first kappa shape index (κ1) is 19.0. The monoisotopic (exact) mass is 355 g/mol. The first-order valence-corrected chi connectivity index (χ1v) is 8.11. The molecule has 1 aromatic carbocycles. The smallest absolute Gasteiger partial charge is 0.244 e. The average Bonchev–Trinajstić information content (AvgIpc) is 3.13. The van der Waals surface area contributed by atoms with Crippen LogP contribution in [0.5, 0.6) is 0 Å². The molecule has 2 aromatic rings. The van der Waals surface area contributed by atoms with Crippen LogP contribution in [-0.2, 0) is 20.8 Å². The molecule has 1 aromatic heterocycles. The molecule has 0 saturated carbocycles. The van der Waals surface area contributed by atoms with Gasteiger partial charge in [0.2, 0.25) is 17.7 Å². The molecule has 0 aliphatic heterocycles. The van der Waals surface area contributed by atoms with E-state index in [-0.39, 0.29) is 6.42 Å². The Balaban J connectivity index is 1.89. The molecular weight excluding hydrogens is 334 g/mol. The molecule has 0 radical (unpaired) electrons. The van der Waals surface area contributed by atoms with Crippen LogP contribution in [0.4, 0.5) is 0 Å². The van der Waals surface area contributed by atoms with Gasteiger partial charge in [-0.05, 0) is 30.7 Å². The number of amides is 3. The molecule has 3 amide bonds. The summed E-state index contributed by atoms with van der Waals surface area (Å²) in [6.45, 7) is 1.52. The van der Waals surface area contributed by atoms with Gasteiger partial charge in [0, 0.05) is 12.5 Å². The van der Waals surface area contributed by atoms with Gasteiger partial charge in [0.15, 0.2) is 0 Å². The van der Waals surface area contributed by atoms with E-state index in [0.29, 0.717) is 5.76 Å². The van der Waals surface area contributed by atoms with Gasteiger partial charge in [0.25, 0.3) is 0 Å². The van der Waals surface area contributed by atoms with Crippen molar-refractivity contribution >= 4 is 23.8 Å². The molecular formula is C19H21N3O4. The molecule has 2 rings (SSSR count). The third-order valence-electron chi connectivity index (χ3n) is 3.64.